The molecule has 2 atom stereocenters. The minimum atomic E-state index is -0.108. The van der Waals surface area contributed by atoms with Crippen molar-refractivity contribution < 1.29 is 14.6 Å². The SMILES string of the molecule is COc1cccc(/C=C/C(=O)NC2CCCCC2CO)c1. The Kier molecular flexibility index (Phi) is 5.81. The molecule has 2 rings (SSSR count). The summed E-state index contributed by atoms with van der Waals surface area (Å²) < 4.78 is 5.15. The first-order valence-corrected chi connectivity index (χ1v) is 7.46. The van der Waals surface area contributed by atoms with Crippen molar-refractivity contribution >= 4 is 12.0 Å². The van der Waals surface area contributed by atoms with Gasteiger partial charge in [0.25, 0.3) is 0 Å². The Morgan fingerprint density at radius 2 is 2.24 bits per heavy atom. The number of rotatable bonds is 5. The number of aliphatic hydroxyl groups is 1. The first kappa shape index (κ1) is 15.6. The molecule has 0 heterocycles. The van der Waals surface area contributed by atoms with Crippen LogP contribution in [0.3, 0.4) is 0 Å². The maximum Gasteiger partial charge on any atom is 0.244 e. The fourth-order valence-electron chi connectivity index (χ4n) is 2.76. The molecule has 1 aromatic rings. The Bertz CT molecular complexity index is 499. The van der Waals surface area contributed by atoms with Gasteiger partial charge < -0.3 is 15.2 Å². The second kappa shape index (κ2) is 7.84. The summed E-state index contributed by atoms with van der Waals surface area (Å²) in [6, 6.07) is 7.64. The quantitative estimate of drug-likeness (QED) is 0.818. The van der Waals surface area contributed by atoms with Gasteiger partial charge in [0.2, 0.25) is 5.91 Å². The van der Waals surface area contributed by atoms with Crippen molar-refractivity contribution in [2.45, 2.75) is 31.7 Å². The second-order valence-corrected chi connectivity index (χ2v) is 5.45. The number of methoxy groups -OCH3 is 1. The van der Waals surface area contributed by atoms with Gasteiger partial charge in [-0.2, -0.15) is 0 Å². The van der Waals surface area contributed by atoms with E-state index in [0.717, 1.165) is 37.0 Å². The molecule has 1 fully saturated rings. The second-order valence-electron chi connectivity index (χ2n) is 5.45. The molecule has 1 amide bonds. The number of hydrogen-bond donors (Lipinski definition) is 2. The highest BCUT2D eigenvalue weighted by molar-refractivity contribution is 5.92. The van der Waals surface area contributed by atoms with Crippen molar-refractivity contribution in [3.05, 3.63) is 35.9 Å². The highest BCUT2D eigenvalue weighted by Crippen LogP contribution is 2.24. The van der Waals surface area contributed by atoms with Gasteiger partial charge >= 0.3 is 0 Å². The fraction of sp³-hybridized carbons (Fsp3) is 0.471. The van der Waals surface area contributed by atoms with Crippen LogP contribution in [-0.2, 0) is 4.79 Å². The molecule has 0 bridgehead atoms. The van der Waals surface area contributed by atoms with Gasteiger partial charge in [-0.3, -0.25) is 4.79 Å². The molecule has 2 N–H and O–H groups in total. The van der Waals surface area contributed by atoms with Gasteiger partial charge in [-0.25, -0.2) is 0 Å². The fourth-order valence-corrected chi connectivity index (χ4v) is 2.76. The number of carbonyl (C=O) groups is 1. The summed E-state index contributed by atoms with van der Waals surface area (Å²) in [4.78, 5) is 12.0. The van der Waals surface area contributed by atoms with Gasteiger partial charge in [-0.15, -0.1) is 0 Å². The number of ether oxygens (including phenoxy) is 1. The van der Waals surface area contributed by atoms with E-state index < -0.39 is 0 Å². The zero-order valence-corrected chi connectivity index (χ0v) is 12.4. The van der Waals surface area contributed by atoms with Crippen LogP contribution in [0.5, 0.6) is 5.75 Å². The molecule has 21 heavy (non-hydrogen) atoms. The lowest BCUT2D eigenvalue weighted by atomic mass is 9.85. The van der Waals surface area contributed by atoms with Gasteiger partial charge in [0.1, 0.15) is 5.75 Å². The summed E-state index contributed by atoms with van der Waals surface area (Å²) in [6.45, 7) is 0.143. The largest absolute Gasteiger partial charge is 0.497 e. The number of benzene rings is 1. The molecule has 4 heteroatoms. The van der Waals surface area contributed by atoms with Crippen molar-refractivity contribution in [3.63, 3.8) is 0 Å². The van der Waals surface area contributed by atoms with Gasteiger partial charge in [-0.1, -0.05) is 25.0 Å². The van der Waals surface area contributed by atoms with Gasteiger partial charge in [0, 0.05) is 24.6 Å². The van der Waals surface area contributed by atoms with Crippen LogP contribution in [0.15, 0.2) is 30.3 Å². The molecule has 1 aliphatic carbocycles. The Labute approximate surface area is 125 Å². The highest BCUT2D eigenvalue weighted by atomic mass is 16.5. The standard InChI is InChI=1S/C17H23NO3/c1-21-15-7-4-5-13(11-15)9-10-17(20)18-16-8-3-2-6-14(16)12-19/h4-5,7,9-11,14,16,19H,2-3,6,8,12H2,1H3,(H,18,20)/b10-9+. The van der Waals surface area contributed by atoms with E-state index in [1.54, 1.807) is 13.2 Å². The van der Waals surface area contributed by atoms with Crippen LogP contribution in [0, 0.1) is 5.92 Å². The summed E-state index contributed by atoms with van der Waals surface area (Å²) in [7, 11) is 1.62. The third kappa shape index (κ3) is 4.60. The lowest BCUT2D eigenvalue weighted by Crippen LogP contribution is -2.42. The van der Waals surface area contributed by atoms with Crippen LogP contribution in [0.25, 0.3) is 6.08 Å². The van der Waals surface area contributed by atoms with E-state index in [9.17, 15) is 9.90 Å². The van der Waals surface area contributed by atoms with Gasteiger partial charge in [0.15, 0.2) is 0 Å². The molecule has 1 aromatic carbocycles. The third-order valence-electron chi connectivity index (χ3n) is 3.99. The van der Waals surface area contributed by atoms with E-state index in [2.05, 4.69) is 5.32 Å². The average molecular weight is 289 g/mol. The van der Waals surface area contributed by atoms with Crippen LogP contribution in [0.1, 0.15) is 31.2 Å². The lowest BCUT2D eigenvalue weighted by Gasteiger charge is -2.30. The van der Waals surface area contributed by atoms with Crippen molar-refractivity contribution in [1.82, 2.24) is 5.32 Å². The van der Waals surface area contributed by atoms with Gasteiger partial charge in [0.05, 0.1) is 7.11 Å². The van der Waals surface area contributed by atoms with Crippen LogP contribution in [0.2, 0.25) is 0 Å². The molecule has 4 nitrogen and oxygen atoms in total. The molecule has 2 unspecified atom stereocenters. The number of carbonyl (C=O) groups excluding carboxylic acids is 1. The monoisotopic (exact) mass is 289 g/mol. The highest BCUT2D eigenvalue weighted by Gasteiger charge is 2.25. The third-order valence-corrected chi connectivity index (χ3v) is 3.99. The molecule has 1 saturated carbocycles. The van der Waals surface area contributed by atoms with Crippen LogP contribution in [0.4, 0.5) is 0 Å². The summed E-state index contributed by atoms with van der Waals surface area (Å²) in [5.74, 6) is 0.848. The minimum Gasteiger partial charge on any atom is -0.497 e. The molecule has 0 saturated heterocycles. The molecule has 1 aliphatic rings. The van der Waals surface area contributed by atoms with Crippen LogP contribution >= 0.6 is 0 Å². The van der Waals surface area contributed by atoms with Crippen LogP contribution in [-0.4, -0.2) is 30.8 Å². The zero-order valence-electron chi connectivity index (χ0n) is 12.4. The summed E-state index contributed by atoms with van der Waals surface area (Å²) in [6.07, 6.45) is 7.50. The van der Waals surface area contributed by atoms with E-state index in [1.165, 1.54) is 6.08 Å². The predicted molar refractivity (Wildman–Crippen MR) is 83.0 cm³/mol. The van der Waals surface area contributed by atoms with Crippen molar-refractivity contribution in [1.29, 1.82) is 0 Å². The zero-order chi connectivity index (χ0) is 15.1. The molecule has 0 aliphatic heterocycles. The van der Waals surface area contributed by atoms with E-state index >= 15 is 0 Å². The summed E-state index contributed by atoms with van der Waals surface area (Å²) in [5.41, 5.74) is 0.923. The van der Waals surface area contributed by atoms with Crippen molar-refractivity contribution in [2.24, 2.45) is 5.92 Å². The number of aliphatic hydroxyl groups excluding tert-OH is 1. The minimum absolute atomic E-state index is 0.0891. The molecule has 114 valence electrons. The molecular weight excluding hydrogens is 266 g/mol. The van der Waals surface area contributed by atoms with Crippen molar-refractivity contribution in [2.75, 3.05) is 13.7 Å². The number of hydrogen-bond acceptors (Lipinski definition) is 3. The van der Waals surface area contributed by atoms with E-state index in [0.29, 0.717) is 0 Å². The summed E-state index contributed by atoms with van der Waals surface area (Å²) >= 11 is 0. The van der Waals surface area contributed by atoms with Gasteiger partial charge in [-0.05, 0) is 36.6 Å². The van der Waals surface area contributed by atoms with E-state index in [4.69, 9.17) is 4.74 Å². The number of amides is 1. The molecule has 0 radical (unpaired) electrons. The average Bonchev–Trinajstić information content (AvgIpc) is 2.53. The lowest BCUT2D eigenvalue weighted by molar-refractivity contribution is -0.117. The summed E-state index contributed by atoms with van der Waals surface area (Å²) in [5, 5.41) is 12.4. The maximum absolute atomic E-state index is 12.0. The van der Waals surface area contributed by atoms with Crippen LogP contribution < -0.4 is 10.1 Å². The smallest absolute Gasteiger partial charge is 0.244 e. The Hall–Kier alpha value is -1.81. The topological polar surface area (TPSA) is 58.6 Å². The number of nitrogens with one attached hydrogen (secondary N) is 1. The van der Waals surface area contributed by atoms with E-state index in [-0.39, 0.29) is 24.5 Å². The molecular formula is C17H23NO3. The first-order chi connectivity index (χ1) is 10.2. The van der Waals surface area contributed by atoms with E-state index in [1.807, 2.05) is 24.3 Å². The molecule has 0 aromatic heterocycles. The Morgan fingerprint density at radius 3 is 3.00 bits per heavy atom. The van der Waals surface area contributed by atoms with Crippen molar-refractivity contribution in [3.8, 4) is 5.75 Å². The predicted octanol–water partition coefficient (Wildman–Crippen LogP) is 2.38. The Balaban J connectivity index is 1.92. The Morgan fingerprint density at radius 1 is 1.43 bits per heavy atom. The normalized spacial score (nSPS) is 22.2. The maximum atomic E-state index is 12.0. The molecule has 0 spiro atoms. The first-order valence-electron chi connectivity index (χ1n) is 7.46.